The van der Waals surface area contributed by atoms with Crippen molar-refractivity contribution >= 4 is 15.9 Å². The van der Waals surface area contributed by atoms with Crippen LogP contribution < -0.4 is 9.47 Å². The molecule has 1 saturated heterocycles. The fourth-order valence-electron chi connectivity index (χ4n) is 4.52. The topological polar surface area (TPSA) is 94.0 Å². The maximum absolute atomic E-state index is 13.4. The number of benzene rings is 2. The van der Waals surface area contributed by atoms with Crippen LogP contribution in [0.3, 0.4) is 0 Å². The molecule has 0 aliphatic carbocycles. The van der Waals surface area contributed by atoms with Crippen LogP contribution >= 0.6 is 0 Å². The number of carbonyl (C=O) groups excluding carboxylic acids is 1. The van der Waals surface area contributed by atoms with Gasteiger partial charge in [-0.1, -0.05) is 18.2 Å². The van der Waals surface area contributed by atoms with Gasteiger partial charge >= 0.3 is 0 Å². The maximum Gasteiger partial charge on any atom is 0.257 e. The Balaban J connectivity index is 1.31. The van der Waals surface area contributed by atoms with Crippen molar-refractivity contribution in [2.45, 2.75) is 25.2 Å². The first kappa shape index (κ1) is 23.4. The number of aryl methyl sites for hydroxylation is 1. The highest BCUT2D eigenvalue weighted by atomic mass is 32.2. The van der Waals surface area contributed by atoms with Gasteiger partial charge in [-0.25, -0.2) is 13.1 Å². The number of sulfonamides is 1. The Morgan fingerprint density at radius 2 is 1.60 bits per heavy atom. The standard InChI is InChI=1S/C25H28N4O5S/c1-18-24(19(2)29(26-18)20-7-4-3-5-8-20)25(30)27-11-13-28(14-12-27)35(31,32)21-9-10-22-23(17-21)34-16-6-15-33-22/h3-5,7-10,17H,6,11-16H2,1-2H3. The number of carbonyl (C=O) groups is 1. The van der Waals surface area contributed by atoms with Crippen LogP contribution in [0, 0.1) is 13.8 Å². The van der Waals surface area contributed by atoms with Crippen LogP contribution in [-0.2, 0) is 10.0 Å². The van der Waals surface area contributed by atoms with Crippen LogP contribution in [0.4, 0.5) is 0 Å². The summed E-state index contributed by atoms with van der Waals surface area (Å²) in [6.45, 7) is 5.77. The van der Waals surface area contributed by atoms with Gasteiger partial charge in [0, 0.05) is 38.7 Å². The summed E-state index contributed by atoms with van der Waals surface area (Å²) < 4.78 is 41.0. The van der Waals surface area contributed by atoms with Crippen LogP contribution in [0.5, 0.6) is 11.5 Å². The fourth-order valence-corrected chi connectivity index (χ4v) is 5.95. The molecule has 0 N–H and O–H groups in total. The highest BCUT2D eigenvalue weighted by Crippen LogP contribution is 2.33. The molecule has 2 aliphatic heterocycles. The highest BCUT2D eigenvalue weighted by molar-refractivity contribution is 7.89. The summed E-state index contributed by atoms with van der Waals surface area (Å²) in [6.07, 6.45) is 0.746. The van der Waals surface area contributed by atoms with Gasteiger partial charge in [-0.3, -0.25) is 4.79 Å². The maximum atomic E-state index is 13.4. The summed E-state index contributed by atoms with van der Waals surface area (Å²) in [4.78, 5) is 15.2. The first-order valence-corrected chi connectivity index (χ1v) is 13.1. The van der Waals surface area contributed by atoms with Gasteiger partial charge in [0.1, 0.15) is 0 Å². The number of fused-ring (bicyclic) bond motifs is 1. The molecule has 0 atom stereocenters. The van der Waals surface area contributed by atoms with E-state index in [1.807, 2.05) is 44.2 Å². The number of rotatable bonds is 4. The molecule has 0 unspecified atom stereocenters. The van der Waals surface area contributed by atoms with E-state index in [4.69, 9.17) is 9.47 Å². The SMILES string of the molecule is Cc1nn(-c2ccccc2)c(C)c1C(=O)N1CCN(S(=O)(=O)c2ccc3c(c2)OCCCO3)CC1. The monoisotopic (exact) mass is 496 g/mol. The van der Waals surface area contributed by atoms with E-state index in [1.54, 1.807) is 21.7 Å². The molecule has 9 nitrogen and oxygen atoms in total. The predicted octanol–water partition coefficient (Wildman–Crippen LogP) is 2.80. The summed E-state index contributed by atoms with van der Waals surface area (Å²) >= 11 is 0. The number of ether oxygens (including phenoxy) is 2. The molecule has 2 aromatic carbocycles. The summed E-state index contributed by atoms with van der Waals surface area (Å²) in [5.74, 6) is 0.868. The first-order valence-electron chi connectivity index (χ1n) is 11.7. The van der Waals surface area contributed by atoms with Gasteiger partial charge in [-0.05, 0) is 38.1 Å². The Hall–Kier alpha value is -3.37. The Bertz CT molecular complexity index is 1350. The molecule has 1 aromatic heterocycles. The van der Waals surface area contributed by atoms with E-state index in [1.165, 1.54) is 10.4 Å². The molecule has 0 spiro atoms. The van der Waals surface area contributed by atoms with Gasteiger partial charge in [-0.2, -0.15) is 9.40 Å². The number of amides is 1. The lowest BCUT2D eigenvalue weighted by molar-refractivity contribution is 0.0696. The van der Waals surface area contributed by atoms with Crippen LogP contribution in [0.15, 0.2) is 53.4 Å². The Morgan fingerprint density at radius 1 is 0.914 bits per heavy atom. The number of para-hydroxylation sites is 1. The lowest BCUT2D eigenvalue weighted by Gasteiger charge is -2.34. The second-order valence-electron chi connectivity index (χ2n) is 8.65. The average Bonchev–Trinajstić information content (AvgIpc) is 3.03. The lowest BCUT2D eigenvalue weighted by atomic mass is 10.1. The minimum absolute atomic E-state index is 0.130. The van der Waals surface area contributed by atoms with Crippen molar-refractivity contribution in [1.82, 2.24) is 19.0 Å². The predicted molar refractivity (Wildman–Crippen MR) is 130 cm³/mol. The third-order valence-corrected chi connectivity index (χ3v) is 8.28. The molecule has 10 heteroatoms. The molecule has 0 bridgehead atoms. The molecule has 3 heterocycles. The molecular weight excluding hydrogens is 468 g/mol. The van der Waals surface area contributed by atoms with E-state index in [9.17, 15) is 13.2 Å². The second kappa shape index (κ2) is 9.35. The largest absolute Gasteiger partial charge is 0.490 e. The van der Waals surface area contributed by atoms with Crippen molar-refractivity contribution in [3.05, 3.63) is 65.5 Å². The Morgan fingerprint density at radius 3 is 2.31 bits per heavy atom. The van der Waals surface area contributed by atoms with Gasteiger partial charge in [0.15, 0.2) is 11.5 Å². The Labute approximate surface area is 204 Å². The number of piperazine rings is 1. The van der Waals surface area contributed by atoms with Gasteiger partial charge < -0.3 is 14.4 Å². The average molecular weight is 497 g/mol. The molecule has 0 saturated carbocycles. The van der Waals surface area contributed by atoms with Crippen LogP contribution in [0.2, 0.25) is 0 Å². The molecule has 0 radical (unpaired) electrons. The third-order valence-electron chi connectivity index (χ3n) is 6.39. The summed E-state index contributed by atoms with van der Waals surface area (Å²) in [7, 11) is -3.73. The molecule has 3 aromatic rings. The van der Waals surface area contributed by atoms with Crippen LogP contribution in [0.25, 0.3) is 5.69 Å². The summed E-state index contributed by atoms with van der Waals surface area (Å²) in [6, 6.07) is 14.4. The van der Waals surface area contributed by atoms with Crippen molar-refractivity contribution in [2.75, 3.05) is 39.4 Å². The van der Waals surface area contributed by atoms with E-state index in [0.29, 0.717) is 49.1 Å². The van der Waals surface area contributed by atoms with E-state index in [-0.39, 0.29) is 23.9 Å². The molecule has 1 fully saturated rings. The molecular formula is C25H28N4O5S. The fraction of sp³-hybridized carbons (Fsp3) is 0.360. The van der Waals surface area contributed by atoms with E-state index < -0.39 is 10.0 Å². The van der Waals surface area contributed by atoms with Crippen molar-refractivity contribution in [3.8, 4) is 17.2 Å². The van der Waals surface area contributed by atoms with Crippen LogP contribution in [-0.4, -0.2) is 72.7 Å². The molecule has 1 amide bonds. The molecule has 184 valence electrons. The zero-order valence-electron chi connectivity index (χ0n) is 19.8. The smallest absolute Gasteiger partial charge is 0.257 e. The molecule has 5 rings (SSSR count). The molecule has 35 heavy (non-hydrogen) atoms. The number of hydrogen-bond acceptors (Lipinski definition) is 6. The Kier molecular flexibility index (Phi) is 6.24. The van der Waals surface area contributed by atoms with Crippen LogP contribution in [0.1, 0.15) is 28.2 Å². The van der Waals surface area contributed by atoms with Gasteiger partial charge in [0.25, 0.3) is 5.91 Å². The second-order valence-corrected chi connectivity index (χ2v) is 10.6. The normalized spacial score (nSPS) is 16.7. The summed E-state index contributed by atoms with van der Waals surface area (Å²) in [5, 5.41) is 4.57. The van der Waals surface area contributed by atoms with E-state index in [2.05, 4.69) is 5.10 Å². The van der Waals surface area contributed by atoms with Gasteiger partial charge in [0.2, 0.25) is 10.0 Å². The van der Waals surface area contributed by atoms with E-state index >= 15 is 0 Å². The minimum Gasteiger partial charge on any atom is -0.490 e. The number of hydrogen-bond donors (Lipinski definition) is 0. The van der Waals surface area contributed by atoms with Crippen molar-refractivity contribution in [3.63, 3.8) is 0 Å². The number of aromatic nitrogens is 2. The van der Waals surface area contributed by atoms with Gasteiger partial charge in [-0.15, -0.1) is 0 Å². The summed E-state index contributed by atoms with van der Waals surface area (Å²) in [5.41, 5.74) is 2.87. The minimum atomic E-state index is -3.73. The van der Waals surface area contributed by atoms with Crippen molar-refractivity contribution in [1.29, 1.82) is 0 Å². The zero-order chi connectivity index (χ0) is 24.6. The van der Waals surface area contributed by atoms with Crippen molar-refractivity contribution < 1.29 is 22.7 Å². The highest BCUT2D eigenvalue weighted by Gasteiger charge is 2.33. The van der Waals surface area contributed by atoms with Gasteiger partial charge in [0.05, 0.1) is 40.7 Å². The third kappa shape index (κ3) is 4.39. The lowest BCUT2D eigenvalue weighted by Crippen LogP contribution is -2.50. The number of nitrogens with zero attached hydrogens (tertiary/aromatic N) is 4. The quantitative estimate of drug-likeness (QED) is 0.551. The zero-order valence-corrected chi connectivity index (χ0v) is 20.6. The molecule has 2 aliphatic rings. The van der Waals surface area contributed by atoms with E-state index in [0.717, 1.165) is 17.8 Å². The first-order chi connectivity index (χ1) is 16.9. The van der Waals surface area contributed by atoms with Crippen molar-refractivity contribution in [2.24, 2.45) is 0 Å².